The van der Waals surface area contributed by atoms with Gasteiger partial charge in [0.25, 0.3) is 0 Å². The van der Waals surface area contributed by atoms with Crippen LogP contribution in [0.5, 0.6) is 17.2 Å². The third kappa shape index (κ3) is 4.89. The second-order valence-electron chi connectivity index (χ2n) is 7.69. The molecule has 0 aromatic heterocycles. The normalized spacial score (nSPS) is 16.1. The first kappa shape index (κ1) is 22.8. The van der Waals surface area contributed by atoms with Crippen molar-refractivity contribution in [2.45, 2.75) is 32.5 Å². The summed E-state index contributed by atoms with van der Waals surface area (Å²) in [5.41, 5.74) is 1.04. The van der Waals surface area contributed by atoms with Gasteiger partial charge in [-0.15, -0.1) is 0 Å². The number of carbonyl (C=O) groups excluding carboxylic acids is 1. The van der Waals surface area contributed by atoms with Gasteiger partial charge in [0.1, 0.15) is 12.4 Å². The van der Waals surface area contributed by atoms with Crippen molar-refractivity contribution in [3.63, 3.8) is 0 Å². The number of ether oxygens (including phenoxy) is 3. The van der Waals surface area contributed by atoms with Crippen molar-refractivity contribution in [3.8, 4) is 17.2 Å². The van der Waals surface area contributed by atoms with Gasteiger partial charge in [0.15, 0.2) is 11.5 Å². The van der Waals surface area contributed by atoms with E-state index >= 15 is 0 Å². The summed E-state index contributed by atoms with van der Waals surface area (Å²) in [6, 6.07) is 7.96. The molecule has 1 aliphatic rings. The fourth-order valence-electron chi connectivity index (χ4n) is 3.74. The minimum absolute atomic E-state index is 0.0161. The van der Waals surface area contributed by atoms with Crippen molar-refractivity contribution >= 4 is 5.91 Å². The van der Waals surface area contributed by atoms with E-state index in [0.717, 1.165) is 23.3 Å². The van der Waals surface area contributed by atoms with Gasteiger partial charge in [-0.05, 0) is 47.9 Å². The van der Waals surface area contributed by atoms with Crippen LogP contribution in [-0.4, -0.2) is 38.2 Å². The van der Waals surface area contributed by atoms with Crippen LogP contribution in [0.4, 0.5) is 13.2 Å². The summed E-state index contributed by atoms with van der Waals surface area (Å²) in [5, 5.41) is 0. The largest absolute Gasteiger partial charge is 0.493 e. The van der Waals surface area contributed by atoms with E-state index in [9.17, 15) is 18.0 Å². The van der Waals surface area contributed by atoms with E-state index in [4.69, 9.17) is 14.2 Å². The van der Waals surface area contributed by atoms with Gasteiger partial charge in [0.05, 0.1) is 25.8 Å². The molecule has 168 valence electrons. The lowest BCUT2D eigenvalue weighted by Gasteiger charge is -2.38. The van der Waals surface area contributed by atoms with Crippen LogP contribution in [0.15, 0.2) is 36.4 Å². The van der Waals surface area contributed by atoms with Crippen LogP contribution >= 0.6 is 0 Å². The maximum absolute atomic E-state index is 13.0. The molecule has 0 saturated carbocycles. The smallest absolute Gasteiger partial charge is 0.416 e. The monoisotopic (exact) mass is 437 g/mol. The summed E-state index contributed by atoms with van der Waals surface area (Å²) in [7, 11) is 3.08. The molecule has 1 heterocycles. The van der Waals surface area contributed by atoms with Crippen LogP contribution < -0.4 is 14.2 Å². The van der Waals surface area contributed by atoms with Crippen molar-refractivity contribution in [1.29, 1.82) is 0 Å². The molecular weight excluding hydrogens is 411 g/mol. The number of carbonyl (C=O) groups is 1. The third-order valence-corrected chi connectivity index (χ3v) is 5.35. The van der Waals surface area contributed by atoms with Crippen molar-refractivity contribution in [1.82, 2.24) is 4.90 Å². The predicted molar refractivity (Wildman–Crippen MR) is 109 cm³/mol. The van der Waals surface area contributed by atoms with E-state index in [-0.39, 0.29) is 24.2 Å². The maximum Gasteiger partial charge on any atom is 0.416 e. The predicted octanol–water partition coefficient (Wildman–Crippen LogP) is 4.88. The summed E-state index contributed by atoms with van der Waals surface area (Å²) in [4.78, 5) is 14.6. The van der Waals surface area contributed by atoms with Gasteiger partial charge in [0, 0.05) is 12.5 Å². The van der Waals surface area contributed by atoms with Crippen molar-refractivity contribution in [2.24, 2.45) is 5.92 Å². The molecule has 3 rings (SSSR count). The number of hydrogen-bond acceptors (Lipinski definition) is 4. The molecule has 2 aromatic rings. The Kier molecular flexibility index (Phi) is 6.67. The Hall–Kier alpha value is -2.90. The van der Waals surface area contributed by atoms with E-state index in [1.165, 1.54) is 19.2 Å². The fraction of sp³-hybridized carbons (Fsp3) is 0.435. The van der Waals surface area contributed by atoms with Gasteiger partial charge in [-0.2, -0.15) is 13.2 Å². The number of rotatable bonds is 6. The van der Waals surface area contributed by atoms with Gasteiger partial charge in [-0.3, -0.25) is 4.79 Å². The standard InChI is InChI=1S/C23H26F3NO4/c1-14(2)22(28)27-9-8-15-10-20(29-3)21(30-4)12-18(15)19(27)13-31-17-7-5-6-16(11-17)23(24,25)26/h5-7,10-12,14,19H,8-9,13H2,1-4H3/t19-/m0/s1. The van der Waals surface area contributed by atoms with E-state index < -0.39 is 17.8 Å². The SMILES string of the molecule is COc1cc2c(cc1OC)[C@H](COc1cccc(C(F)(F)F)c1)N(C(=O)C(C)C)CC2. The Morgan fingerprint density at radius 3 is 2.42 bits per heavy atom. The minimum atomic E-state index is -4.46. The molecule has 1 amide bonds. The second-order valence-corrected chi connectivity index (χ2v) is 7.69. The molecule has 0 aliphatic carbocycles. The van der Waals surface area contributed by atoms with Crippen LogP contribution in [0.3, 0.4) is 0 Å². The first-order valence-electron chi connectivity index (χ1n) is 10.0. The van der Waals surface area contributed by atoms with Gasteiger partial charge in [-0.25, -0.2) is 0 Å². The number of nitrogens with zero attached hydrogens (tertiary/aromatic N) is 1. The number of hydrogen-bond donors (Lipinski definition) is 0. The fourth-order valence-corrected chi connectivity index (χ4v) is 3.74. The lowest BCUT2D eigenvalue weighted by Crippen LogP contribution is -2.44. The molecular formula is C23H26F3NO4. The minimum Gasteiger partial charge on any atom is -0.493 e. The van der Waals surface area contributed by atoms with Crippen LogP contribution in [0, 0.1) is 5.92 Å². The highest BCUT2D eigenvalue weighted by Crippen LogP contribution is 2.39. The average molecular weight is 437 g/mol. The molecule has 1 atom stereocenters. The highest BCUT2D eigenvalue weighted by Gasteiger charge is 2.34. The first-order valence-corrected chi connectivity index (χ1v) is 10.0. The van der Waals surface area contributed by atoms with Gasteiger partial charge in [-0.1, -0.05) is 19.9 Å². The van der Waals surface area contributed by atoms with Crippen LogP contribution in [0.1, 0.15) is 36.6 Å². The summed E-state index contributed by atoms with van der Waals surface area (Å²) in [6.07, 6.45) is -3.82. The average Bonchev–Trinajstić information content (AvgIpc) is 2.75. The Morgan fingerprint density at radius 2 is 1.81 bits per heavy atom. The van der Waals surface area contributed by atoms with E-state index in [0.29, 0.717) is 24.5 Å². The summed E-state index contributed by atoms with van der Waals surface area (Å²) >= 11 is 0. The summed E-state index contributed by atoms with van der Waals surface area (Å²) in [5.74, 6) is 0.932. The Bertz CT molecular complexity index is 943. The number of benzene rings is 2. The number of fused-ring (bicyclic) bond motifs is 1. The Morgan fingerprint density at radius 1 is 1.13 bits per heavy atom. The van der Waals surface area contributed by atoms with Crippen LogP contribution in [-0.2, 0) is 17.4 Å². The third-order valence-electron chi connectivity index (χ3n) is 5.35. The molecule has 0 N–H and O–H groups in total. The number of halogens is 3. The Balaban J connectivity index is 1.95. The topological polar surface area (TPSA) is 48.0 Å². The van der Waals surface area contributed by atoms with Gasteiger partial charge in [0.2, 0.25) is 5.91 Å². The molecule has 0 saturated heterocycles. The highest BCUT2D eigenvalue weighted by molar-refractivity contribution is 5.79. The molecule has 5 nitrogen and oxygen atoms in total. The molecule has 0 spiro atoms. The van der Waals surface area contributed by atoms with E-state index in [1.54, 1.807) is 12.0 Å². The molecule has 0 unspecified atom stereocenters. The van der Waals surface area contributed by atoms with Gasteiger partial charge >= 0.3 is 6.18 Å². The molecule has 31 heavy (non-hydrogen) atoms. The van der Waals surface area contributed by atoms with Crippen molar-refractivity contribution in [2.75, 3.05) is 27.4 Å². The van der Waals surface area contributed by atoms with E-state index in [2.05, 4.69) is 0 Å². The Labute approximate surface area is 179 Å². The zero-order chi connectivity index (χ0) is 22.8. The number of methoxy groups -OCH3 is 2. The molecule has 1 aliphatic heterocycles. The van der Waals surface area contributed by atoms with Crippen molar-refractivity contribution < 1.29 is 32.2 Å². The molecule has 2 aromatic carbocycles. The lowest BCUT2D eigenvalue weighted by molar-refractivity contribution is -0.138. The maximum atomic E-state index is 13.0. The second kappa shape index (κ2) is 9.08. The lowest BCUT2D eigenvalue weighted by atomic mass is 9.91. The number of alkyl halides is 3. The zero-order valence-corrected chi connectivity index (χ0v) is 18.0. The highest BCUT2D eigenvalue weighted by atomic mass is 19.4. The van der Waals surface area contributed by atoms with Crippen LogP contribution in [0.25, 0.3) is 0 Å². The van der Waals surface area contributed by atoms with E-state index in [1.807, 2.05) is 26.0 Å². The molecule has 0 fully saturated rings. The summed E-state index contributed by atoms with van der Waals surface area (Å²) in [6.45, 7) is 4.13. The van der Waals surface area contributed by atoms with Gasteiger partial charge < -0.3 is 19.1 Å². The van der Waals surface area contributed by atoms with Crippen molar-refractivity contribution in [3.05, 3.63) is 53.1 Å². The summed E-state index contributed by atoms with van der Waals surface area (Å²) < 4.78 is 55.7. The zero-order valence-electron chi connectivity index (χ0n) is 18.0. The molecule has 0 bridgehead atoms. The first-order chi connectivity index (χ1) is 14.7. The van der Waals surface area contributed by atoms with Crippen LogP contribution in [0.2, 0.25) is 0 Å². The number of amides is 1. The molecule has 8 heteroatoms. The molecule has 0 radical (unpaired) electrons. The quantitative estimate of drug-likeness (QED) is 0.646.